The van der Waals surface area contributed by atoms with Crippen molar-refractivity contribution >= 4 is 10.1 Å². The van der Waals surface area contributed by atoms with Crippen molar-refractivity contribution in [3.05, 3.63) is 41.5 Å². The number of hydrogen-bond acceptors (Lipinski definition) is 6. The molecule has 6 nitrogen and oxygen atoms in total. The molecule has 0 aliphatic rings. The van der Waals surface area contributed by atoms with Gasteiger partial charge in [-0.2, -0.15) is 8.42 Å². The summed E-state index contributed by atoms with van der Waals surface area (Å²) in [4.78, 5) is 0.0531. The van der Waals surface area contributed by atoms with Gasteiger partial charge < -0.3 is 15.3 Å². The third-order valence-electron chi connectivity index (χ3n) is 3.63. The molecule has 0 amide bonds. The van der Waals surface area contributed by atoms with Crippen LogP contribution < -0.4 is 0 Å². The number of rotatable bonds is 10. The zero-order valence-corrected chi connectivity index (χ0v) is 14.9. The zero-order chi connectivity index (χ0) is 18.2. The molecule has 0 aliphatic heterocycles. The van der Waals surface area contributed by atoms with Gasteiger partial charge in [0.2, 0.25) is 0 Å². The van der Waals surface area contributed by atoms with E-state index in [1.807, 2.05) is 6.92 Å². The van der Waals surface area contributed by atoms with Crippen molar-refractivity contribution in [2.45, 2.75) is 43.6 Å². The molecule has 1 rings (SSSR count). The summed E-state index contributed by atoms with van der Waals surface area (Å²) in [6.45, 7) is 2.71. The average molecular weight is 358 g/mol. The van der Waals surface area contributed by atoms with E-state index < -0.39 is 15.7 Å². The summed E-state index contributed by atoms with van der Waals surface area (Å²) in [5.74, 6) is 0. The maximum Gasteiger partial charge on any atom is 0.297 e. The van der Waals surface area contributed by atoms with Crippen molar-refractivity contribution in [2.24, 2.45) is 0 Å². The van der Waals surface area contributed by atoms with Crippen LogP contribution >= 0.6 is 0 Å². The molecule has 1 aromatic carbocycles. The summed E-state index contributed by atoms with van der Waals surface area (Å²) in [5, 5.41) is 28.2. The first-order valence-electron chi connectivity index (χ1n) is 7.78. The molecule has 1 unspecified atom stereocenters. The van der Waals surface area contributed by atoms with Crippen molar-refractivity contribution in [3.8, 4) is 0 Å². The molecule has 0 aliphatic carbocycles. The Morgan fingerprint density at radius 1 is 1.25 bits per heavy atom. The largest absolute Gasteiger partial charge is 0.392 e. The van der Waals surface area contributed by atoms with Crippen molar-refractivity contribution < 1.29 is 27.9 Å². The summed E-state index contributed by atoms with van der Waals surface area (Å²) in [7, 11) is -3.91. The molecule has 0 saturated heterocycles. The molecule has 0 heterocycles. The maximum atomic E-state index is 12.1. The van der Waals surface area contributed by atoms with Gasteiger partial charge in [0.15, 0.2) is 0 Å². The summed E-state index contributed by atoms with van der Waals surface area (Å²) >= 11 is 0. The monoisotopic (exact) mass is 358 g/mol. The van der Waals surface area contributed by atoms with E-state index in [0.717, 1.165) is 5.56 Å². The molecule has 24 heavy (non-hydrogen) atoms. The van der Waals surface area contributed by atoms with Gasteiger partial charge in [0.25, 0.3) is 10.1 Å². The van der Waals surface area contributed by atoms with Gasteiger partial charge >= 0.3 is 0 Å². The molecule has 7 heteroatoms. The lowest BCUT2D eigenvalue weighted by Crippen LogP contribution is -2.32. The van der Waals surface area contributed by atoms with Gasteiger partial charge in [-0.25, -0.2) is 0 Å². The minimum absolute atomic E-state index is 0.0531. The molecule has 1 atom stereocenters. The first-order chi connectivity index (χ1) is 11.2. The highest BCUT2D eigenvalue weighted by Gasteiger charge is 2.25. The van der Waals surface area contributed by atoms with Gasteiger partial charge in [-0.1, -0.05) is 23.8 Å². The molecule has 0 bridgehead atoms. The predicted molar refractivity (Wildman–Crippen MR) is 91.0 cm³/mol. The van der Waals surface area contributed by atoms with E-state index in [2.05, 4.69) is 0 Å². The second kappa shape index (κ2) is 9.29. The average Bonchev–Trinajstić information content (AvgIpc) is 2.53. The topological polar surface area (TPSA) is 104 Å². The number of benzene rings is 1. The smallest absolute Gasteiger partial charge is 0.297 e. The zero-order valence-electron chi connectivity index (χ0n) is 14.1. The normalized spacial score (nSPS) is 15.3. The van der Waals surface area contributed by atoms with E-state index in [1.165, 1.54) is 25.1 Å². The highest BCUT2D eigenvalue weighted by atomic mass is 32.2. The van der Waals surface area contributed by atoms with Crippen LogP contribution in [0.3, 0.4) is 0 Å². The molecular formula is C17H26O6S. The number of hydrogen-bond donors (Lipinski definition) is 3. The van der Waals surface area contributed by atoms with Crippen LogP contribution in [0.1, 0.15) is 31.7 Å². The van der Waals surface area contributed by atoms with E-state index in [0.29, 0.717) is 24.8 Å². The fourth-order valence-electron chi connectivity index (χ4n) is 2.12. The molecular weight excluding hydrogens is 332 g/mol. The van der Waals surface area contributed by atoms with Crippen LogP contribution in [0.4, 0.5) is 0 Å². The van der Waals surface area contributed by atoms with Gasteiger partial charge in [-0.15, -0.1) is 0 Å². The molecule has 136 valence electrons. The standard InChI is InChI=1S/C17H26O6S/c1-14-5-7-16(8-6-14)24(21,22)23-13-17(2,20)10-3-4-15(12-19)9-11-18/h5-9,18-20H,3-4,10-13H2,1-2H3. The van der Waals surface area contributed by atoms with Gasteiger partial charge in [0, 0.05) is 0 Å². The Morgan fingerprint density at radius 3 is 2.42 bits per heavy atom. The summed E-state index contributed by atoms with van der Waals surface area (Å²) in [5.41, 5.74) is 0.315. The summed E-state index contributed by atoms with van der Waals surface area (Å²) < 4.78 is 29.2. The minimum Gasteiger partial charge on any atom is -0.392 e. The Labute approximate surface area is 143 Å². The maximum absolute atomic E-state index is 12.1. The van der Waals surface area contributed by atoms with Crippen molar-refractivity contribution in [2.75, 3.05) is 19.8 Å². The Bertz CT molecular complexity index is 632. The highest BCUT2D eigenvalue weighted by molar-refractivity contribution is 7.86. The SMILES string of the molecule is Cc1ccc(S(=O)(=O)OCC(C)(O)CCCC(=CCO)CO)cc1. The van der Waals surface area contributed by atoms with Crippen molar-refractivity contribution in [1.82, 2.24) is 0 Å². The van der Waals surface area contributed by atoms with Crippen LogP contribution in [0.15, 0.2) is 40.8 Å². The lowest BCUT2D eigenvalue weighted by molar-refractivity contribution is 0.00477. The third kappa shape index (κ3) is 7.11. The van der Waals surface area contributed by atoms with Gasteiger partial charge in [-0.05, 0) is 50.8 Å². The third-order valence-corrected chi connectivity index (χ3v) is 4.91. The predicted octanol–water partition coefficient (Wildman–Crippen LogP) is 1.53. The summed E-state index contributed by atoms with van der Waals surface area (Å²) in [6.07, 6.45) is 2.87. The Kier molecular flexibility index (Phi) is 8.05. The second-order valence-corrected chi connectivity index (χ2v) is 7.70. The van der Waals surface area contributed by atoms with Crippen LogP contribution in [0.25, 0.3) is 0 Å². The molecule has 0 saturated carbocycles. The molecule has 0 spiro atoms. The van der Waals surface area contributed by atoms with E-state index in [4.69, 9.17) is 14.4 Å². The van der Waals surface area contributed by atoms with Crippen LogP contribution in [-0.2, 0) is 14.3 Å². The Morgan fingerprint density at radius 2 is 1.88 bits per heavy atom. The van der Waals surface area contributed by atoms with E-state index in [1.54, 1.807) is 12.1 Å². The minimum atomic E-state index is -3.91. The van der Waals surface area contributed by atoms with E-state index in [9.17, 15) is 13.5 Å². The fraction of sp³-hybridized carbons (Fsp3) is 0.529. The van der Waals surface area contributed by atoms with Gasteiger partial charge in [-0.3, -0.25) is 4.18 Å². The lowest BCUT2D eigenvalue weighted by Gasteiger charge is -2.23. The fourth-order valence-corrected chi connectivity index (χ4v) is 3.14. The molecule has 0 aromatic heterocycles. The van der Waals surface area contributed by atoms with Crippen LogP contribution in [-0.4, -0.2) is 49.2 Å². The number of aliphatic hydroxyl groups excluding tert-OH is 2. The number of aliphatic hydroxyl groups is 3. The van der Waals surface area contributed by atoms with Gasteiger partial charge in [0.05, 0.1) is 30.3 Å². The molecule has 1 aromatic rings. The van der Waals surface area contributed by atoms with Crippen LogP contribution in [0.5, 0.6) is 0 Å². The number of aryl methyl sites for hydroxylation is 1. The first-order valence-corrected chi connectivity index (χ1v) is 9.19. The molecule has 0 fully saturated rings. The molecule has 3 N–H and O–H groups in total. The van der Waals surface area contributed by atoms with Crippen molar-refractivity contribution in [3.63, 3.8) is 0 Å². The highest BCUT2D eigenvalue weighted by Crippen LogP contribution is 2.20. The van der Waals surface area contributed by atoms with Crippen molar-refractivity contribution in [1.29, 1.82) is 0 Å². The van der Waals surface area contributed by atoms with E-state index >= 15 is 0 Å². The first kappa shape index (κ1) is 20.8. The van der Waals surface area contributed by atoms with Gasteiger partial charge in [0.1, 0.15) is 0 Å². The van der Waals surface area contributed by atoms with Crippen LogP contribution in [0, 0.1) is 6.92 Å². The van der Waals surface area contributed by atoms with E-state index in [-0.39, 0.29) is 24.7 Å². The Hall–Kier alpha value is -1.25. The molecule has 0 radical (unpaired) electrons. The lowest BCUT2D eigenvalue weighted by atomic mass is 9.98. The quantitative estimate of drug-likeness (QED) is 0.433. The Balaban J connectivity index is 2.55. The van der Waals surface area contributed by atoms with Crippen LogP contribution in [0.2, 0.25) is 0 Å². The summed E-state index contributed by atoms with van der Waals surface area (Å²) in [6, 6.07) is 6.29. The second-order valence-electron chi connectivity index (χ2n) is 6.08.